The maximum Gasteiger partial charge on any atom is 0.451 e. The van der Waals surface area contributed by atoms with Crippen LogP contribution in [-0.2, 0) is 17.3 Å². The average Bonchev–Trinajstić information content (AvgIpc) is 3.26. The zero-order valence-corrected chi connectivity index (χ0v) is 20.5. The van der Waals surface area contributed by atoms with Gasteiger partial charge in [-0.05, 0) is 37.1 Å². The van der Waals surface area contributed by atoms with Crippen molar-refractivity contribution in [3.63, 3.8) is 0 Å². The molecule has 0 radical (unpaired) electrons. The summed E-state index contributed by atoms with van der Waals surface area (Å²) in [5, 5.41) is 1.58. The summed E-state index contributed by atoms with van der Waals surface area (Å²) in [7, 11) is 0. The number of aromatic nitrogens is 6. The lowest BCUT2D eigenvalue weighted by atomic mass is 9.94. The molecular formula is C24H22ClF3N8O. The molecule has 2 aliphatic heterocycles. The van der Waals surface area contributed by atoms with E-state index in [1.165, 1.54) is 6.92 Å². The predicted octanol–water partition coefficient (Wildman–Crippen LogP) is 4.11. The van der Waals surface area contributed by atoms with E-state index in [1.807, 2.05) is 17.0 Å². The van der Waals surface area contributed by atoms with Crippen molar-refractivity contribution in [3.8, 4) is 0 Å². The van der Waals surface area contributed by atoms with E-state index in [0.717, 1.165) is 22.2 Å². The number of aromatic amines is 1. The minimum Gasteiger partial charge on any atom is -0.378 e. The maximum absolute atomic E-state index is 13.5. The molecule has 4 aromatic rings. The van der Waals surface area contributed by atoms with Crippen molar-refractivity contribution in [2.45, 2.75) is 25.6 Å². The second-order valence-electron chi connectivity index (χ2n) is 8.97. The molecule has 0 spiro atoms. The number of nitrogens with zero attached hydrogens (tertiary/aromatic N) is 7. The van der Waals surface area contributed by atoms with Crippen LogP contribution in [0.1, 0.15) is 34.5 Å². The first kappa shape index (κ1) is 23.9. The van der Waals surface area contributed by atoms with Crippen molar-refractivity contribution < 1.29 is 17.9 Å². The van der Waals surface area contributed by atoms with Crippen LogP contribution < -0.4 is 9.80 Å². The normalized spacial score (nSPS) is 18.4. The Morgan fingerprint density at radius 3 is 2.51 bits per heavy atom. The van der Waals surface area contributed by atoms with E-state index >= 15 is 0 Å². The first-order valence-electron chi connectivity index (χ1n) is 11.8. The van der Waals surface area contributed by atoms with Gasteiger partial charge in [0.05, 0.1) is 13.2 Å². The topological polar surface area (TPSA) is 96.0 Å². The number of hydrogen-bond donors (Lipinski definition) is 1. The largest absolute Gasteiger partial charge is 0.451 e. The third-order valence-corrected chi connectivity index (χ3v) is 6.84. The minimum absolute atomic E-state index is 0.00999. The molecule has 2 aliphatic rings. The Morgan fingerprint density at radius 2 is 1.78 bits per heavy atom. The molecule has 13 heteroatoms. The fraction of sp³-hybridized carbons (Fsp3) is 0.375. The Kier molecular flexibility index (Phi) is 5.87. The van der Waals surface area contributed by atoms with E-state index in [2.05, 4.69) is 29.9 Å². The molecule has 0 bridgehead atoms. The van der Waals surface area contributed by atoms with E-state index in [-0.39, 0.29) is 11.8 Å². The van der Waals surface area contributed by atoms with Crippen molar-refractivity contribution >= 4 is 34.4 Å². The molecule has 192 valence electrons. The second kappa shape index (κ2) is 9.10. The number of anilines is 2. The third-order valence-electron chi connectivity index (χ3n) is 6.60. The Balaban J connectivity index is 1.47. The van der Waals surface area contributed by atoms with Crippen LogP contribution in [-0.4, -0.2) is 62.8 Å². The van der Waals surface area contributed by atoms with Crippen LogP contribution in [0, 0.1) is 6.92 Å². The number of aryl methyl sites for hydroxylation is 1. The molecule has 0 unspecified atom stereocenters. The number of rotatable bonds is 3. The number of benzene rings is 1. The third kappa shape index (κ3) is 4.44. The van der Waals surface area contributed by atoms with E-state index in [1.54, 1.807) is 23.4 Å². The molecule has 1 fully saturated rings. The molecule has 0 aliphatic carbocycles. The monoisotopic (exact) mass is 530 g/mol. The Morgan fingerprint density at radius 1 is 1.03 bits per heavy atom. The SMILES string of the molecule is Cc1nc(N2CCc3c([nH]c4ccc(Cl)cc34)[C@@H]2c2cnc(N3CCOCC3)nc2)nc(C(F)(F)F)n1. The Labute approximate surface area is 214 Å². The van der Waals surface area contributed by atoms with Gasteiger partial charge in [-0.3, -0.25) is 0 Å². The Bertz CT molecular complexity index is 1450. The van der Waals surface area contributed by atoms with Gasteiger partial charge < -0.3 is 19.5 Å². The minimum atomic E-state index is -4.69. The predicted molar refractivity (Wildman–Crippen MR) is 131 cm³/mol. The molecular weight excluding hydrogens is 509 g/mol. The summed E-state index contributed by atoms with van der Waals surface area (Å²) < 4.78 is 46.1. The van der Waals surface area contributed by atoms with Gasteiger partial charge in [-0.1, -0.05) is 11.6 Å². The Hall–Kier alpha value is -3.51. The lowest BCUT2D eigenvalue weighted by Gasteiger charge is -2.36. The van der Waals surface area contributed by atoms with Crippen LogP contribution in [0.4, 0.5) is 25.1 Å². The molecule has 1 saturated heterocycles. The average molecular weight is 531 g/mol. The number of ether oxygens (including phenoxy) is 1. The molecule has 0 saturated carbocycles. The number of nitrogens with one attached hydrogen (secondary N) is 1. The van der Waals surface area contributed by atoms with Gasteiger partial charge in [0.25, 0.3) is 0 Å². The van der Waals surface area contributed by atoms with Crippen LogP contribution in [0.25, 0.3) is 10.9 Å². The lowest BCUT2D eigenvalue weighted by Crippen LogP contribution is -2.39. The smallest absolute Gasteiger partial charge is 0.378 e. The van der Waals surface area contributed by atoms with Gasteiger partial charge in [0, 0.05) is 59.2 Å². The van der Waals surface area contributed by atoms with Crippen molar-refractivity contribution in [2.75, 3.05) is 42.6 Å². The summed E-state index contributed by atoms with van der Waals surface area (Å²) in [5.74, 6) is -0.705. The van der Waals surface area contributed by atoms with E-state index in [9.17, 15) is 13.2 Å². The van der Waals surface area contributed by atoms with Gasteiger partial charge >= 0.3 is 6.18 Å². The number of hydrogen-bond acceptors (Lipinski definition) is 8. The molecule has 6 rings (SSSR count). The van der Waals surface area contributed by atoms with E-state index in [4.69, 9.17) is 16.3 Å². The lowest BCUT2D eigenvalue weighted by molar-refractivity contribution is -0.145. The van der Waals surface area contributed by atoms with Crippen LogP contribution in [0.3, 0.4) is 0 Å². The summed E-state index contributed by atoms with van der Waals surface area (Å²) in [6.07, 6.45) is -0.714. The van der Waals surface area contributed by atoms with Crippen LogP contribution in [0.2, 0.25) is 5.02 Å². The molecule has 1 atom stereocenters. The molecule has 9 nitrogen and oxygen atoms in total. The second-order valence-corrected chi connectivity index (χ2v) is 9.41. The summed E-state index contributed by atoms with van der Waals surface area (Å²) in [6, 6.07) is 5.04. The van der Waals surface area contributed by atoms with Gasteiger partial charge in [0.15, 0.2) is 0 Å². The maximum atomic E-state index is 13.5. The summed E-state index contributed by atoms with van der Waals surface area (Å²) in [4.78, 5) is 28.0. The number of halogens is 4. The molecule has 37 heavy (non-hydrogen) atoms. The highest BCUT2D eigenvalue weighted by Gasteiger charge is 2.39. The molecule has 1 N–H and O–H groups in total. The van der Waals surface area contributed by atoms with Crippen molar-refractivity contribution in [1.29, 1.82) is 0 Å². The fourth-order valence-corrected chi connectivity index (χ4v) is 5.12. The van der Waals surface area contributed by atoms with E-state index in [0.29, 0.717) is 55.8 Å². The van der Waals surface area contributed by atoms with Crippen molar-refractivity contribution in [3.05, 3.63) is 64.1 Å². The number of H-pyrrole nitrogens is 1. The van der Waals surface area contributed by atoms with Crippen LogP contribution in [0.15, 0.2) is 30.6 Å². The highest BCUT2D eigenvalue weighted by Crippen LogP contribution is 2.40. The van der Waals surface area contributed by atoms with Crippen LogP contribution in [0.5, 0.6) is 0 Å². The molecule has 0 amide bonds. The van der Waals surface area contributed by atoms with Crippen LogP contribution >= 0.6 is 11.6 Å². The quantitative estimate of drug-likeness (QED) is 0.423. The number of morpholine rings is 1. The van der Waals surface area contributed by atoms with Gasteiger partial charge in [0.1, 0.15) is 11.9 Å². The van der Waals surface area contributed by atoms with Gasteiger partial charge in [-0.25, -0.2) is 15.0 Å². The summed E-state index contributed by atoms with van der Waals surface area (Å²) >= 11 is 6.27. The van der Waals surface area contributed by atoms with Crippen molar-refractivity contribution in [1.82, 2.24) is 29.9 Å². The number of fused-ring (bicyclic) bond motifs is 3. The summed E-state index contributed by atoms with van der Waals surface area (Å²) in [5.41, 5.74) is 3.44. The van der Waals surface area contributed by atoms with Gasteiger partial charge in [0.2, 0.25) is 17.7 Å². The molecule has 1 aromatic carbocycles. The first-order chi connectivity index (χ1) is 17.8. The zero-order valence-electron chi connectivity index (χ0n) is 19.8. The van der Waals surface area contributed by atoms with Gasteiger partial charge in [-0.15, -0.1) is 0 Å². The van der Waals surface area contributed by atoms with E-state index < -0.39 is 18.0 Å². The highest BCUT2D eigenvalue weighted by atomic mass is 35.5. The molecule has 3 aromatic heterocycles. The highest BCUT2D eigenvalue weighted by molar-refractivity contribution is 6.31. The first-order valence-corrected chi connectivity index (χ1v) is 12.2. The van der Waals surface area contributed by atoms with Gasteiger partial charge in [-0.2, -0.15) is 23.1 Å². The fourth-order valence-electron chi connectivity index (χ4n) is 4.94. The number of alkyl halides is 3. The molecule has 5 heterocycles. The van der Waals surface area contributed by atoms with Crippen molar-refractivity contribution in [2.24, 2.45) is 0 Å². The standard InChI is InChI=1S/C24H22ClF3N8O/c1-13-31-21(24(26,27)28)34-23(32-13)36-5-4-16-17-10-15(25)2-3-18(17)33-19(16)20(36)14-11-29-22(30-12-14)35-6-8-37-9-7-35/h2-3,10-12,20,33H,4-9H2,1H3/t20-/m0/s1. The zero-order chi connectivity index (χ0) is 25.7. The summed E-state index contributed by atoms with van der Waals surface area (Å²) in [6.45, 7) is 4.38.